The molecule has 0 aromatic heterocycles. The third kappa shape index (κ3) is 4.41. The minimum Gasteiger partial charge on any atom is -0.314 e. The molecule has 1 aliphatic rings. The molecule has 1 N–H and O–H groups in total. The average Bonchev–Trinajstić information content (AvgIpc) is 2.46. The lowest BCUT2D eigenvalue weighted by Crippen LogP contribution is -2.34. The van der Waals surface area contributed by atoms with E-state index in [9.17, 15) is 4.39 Å². The first-order chi connectivity index (χ1) is 6.84. The minimum atomic E-state index is -0.190. The zero-order valence-corrected chi connectivity index (χ0v) is 9.40. The van der Waals surface area contributed by atoms with Crippen molar-refractivity contribution in [1.82, 2.24) is 5.32 Å². The van der Waals surface area contributed by atoms with Crippen molar-refractivity contribution in [2.24, 2.45) is 5.92 Å². The highest BCUT2D eigenvalue weighted by molar-refractivity contribution is 4.74. The van der Waals surface area contributed by atoms with Gasteiger partial charge in [0.05, 0.1) is 6.67 Å². The molecule has 1 aliphatic carbocycles. The van der Waals surface area contributed by atoms with Crippen LogP contribution in [0.4, 0.5) is 4.39 Å². The summed E-state index contributed by atoms with van der Waals surface area (Å²) in [6.45, 7) is 2.91. The van der Waals surface area contributed by atoms with Crippen LogP contribution in [-0.2, 0) is 0 Å². The molecule has 0 bridgehead atoms. The first-order valence-corrected chi connectivity index (χ1v) is 6.14. The molecule has 1 nitrogen and oxygen atoms in total. The molecule has 1 fully saturated rings. The van der Waals surface area contributed by atoms with Gasteiger partial charge in [-0.2, -0.15) is 0 Å². The second kappa shape index (κ2) is 7.22. The standard InChI is InChI=1S/C12H24FN/c1-11(14-10-6-9-13)12-7-4-2-3-5-8-12/h11-12,14H,2-10H2,1H3/t11-/m1/s1. The van der Waals surface area contributed by atoms with Crippen LogP contribution in [0.1, 0.15) is 51.9 Å². The van der Waals surface area contributed by atoms with Crippen LogP contribution in [-0.4, -0.2) is 19.3 Å². The summed E-state index contributed by atoms with van der Waals surface area (Å²) in [5.74, 6) is 0.831. The Morgan fingerprint density at radius 3 is 2.43 bits per heavy atom. The Hall–Kier alpha value is -0.110. The molecule has 0 saturated heterocycles. The van der Waals surface area contributed by atoms with Gasteiger partial charge < -0.3 is 5.32 Å². The summed E-state index contributed by atoms with van der Waals surface area (Å²) in [4.78, 5) is 0. The quantitative estimate of drug-likeness (QED) is 0.531. The summed E-state index contributed by atoms with van der Waals surface area (Å²) < 4.78 is 11.9. The van der Waals surface area contributed by atoms with Gasteiger partial charge in [-0.3, -0.25) is 4.39 Å². The first-order valence-electron chi connectivity index (χ1n) is 6.14. The molecular weight excluding hydrogens is 177 g/mol. The van der Waals surface area contributed by atoms with Gasteiger partial charge in [0.25, 0.3) is 0 Å². The normalized spacial score (nSPS) is 21.9. The fourth-order valence-electron chi connectivity index (χ4n) is 2.37. The van der Waals surface area contributed by atoms with Crippen LogP contribution in [0.5, 0.6) is 0 Å². The molecular formula is C12H24FN. The molecule has 84 valence electrons. The molecule has 0 aromatic rings. The third-order valence-electron chi connectivity index (χ3n) is 3.38. The Bertz CT molecular complexity index is 130. The summed E-state index contributed by atoms with van der Waals surface area (Å²) in [7, 11) is 0. The molecule has 0 unspecified atom stereocenters. The third-order valence-corrected chi connectivity index (χ3v) is 3.38. The first kappa shape index (κ1) is 12.0. The molecule has 0 aromatic carbocycles. The molecule has 2 heteroatoms. The highest BCUT2D eigenvalue weighted by Gasteiger charge is 2.17. The Morgan fingerprint density at radius 1 is 1.21 bits per heavy atom. The Kier molecular flexibility index (Phi) is 6.17. The van der Waals surface area contributed by atoms with E-state index in [2.05, 4.69) is 12.2 Å². The minimum absolute atomic E-state index is 0.190. The van der Waals surface area contributed by atoms with Crippen LogP contribution in [0.15, 0.2) is 0 Å². The van der Waals surface area contributed by atoms with E-state index in [1.54, 1.807) is 0 Å². The lowest BCUT2D eigenvalue weighted by atomic mass is 9.93. The van der Waals surface area contributed by atoms with Crippen molar-refractivity contribution < 1.29 is 4.39 Å². The van der Waals surface area contributed by atoms with Crippen LogP contribution < -0.4 is 5.32 Å². The molecule has 0 heterocycles. The van der Waals surface area contributed by atoms with Crippen molar-refractivity contribution in [3.05, 3.63) is 0 Å². The van der Waals surface area contributed by atoms with Crippen LogP contribution in [0.25, 0.3) is 0 Å². The van der Waals surface area contributed by atoms with E-state index in [4.69, 9.17) is 0 Å². The smallest absolute Gasteiger partial charge is 0.0906 e. The van der Waals surface area contributed by atoms with Gasteiger partial charge in [-0.1, -0.05) is 25.7 Å². The van der Waals surface area contributed by atoms with Crippen molar-refractivity contribution in [2.75, 3.05) is 13.2 Å². The fraction of sp³-hybridized carbons (Fsp3) is 1.00. The molecule has 0 aliphatic heterocycles. The predicted molar refractivity (Wildman–Crippen MR) is 59.2 cm³/mol. The molecule has 1 saturated carbocycles. The van der Waals surface area contributed by atoms with E-state index in [1.807, 2.05) is 0 Å². The average molecular weight is 201 g/mol. The van der Waals surface area contributed by atoms with Gasteiger partial charge in [-0.15, -0.1) is 0 Å². The Balaban J connectivity index is 2.16. The molecule has 0 spiro atoms. The maximum Gasteiger partial charge on any atom is 0.0906 e. The highest BCUT2D eigenvalue weighted by Crippen LogP contribution is 2.25. The van der Waals surface area contributed by atoms with E-state index < -0.39 is 0 Å². The van der Waals surface area contributed by atoms with Gasteiger partial charge in [0, 0.05) is 6.04 Å². The van der Waals surface area contributed by atoms with E-state index >= 15 is 0 Å². The van der Waals surface area contributed by atoms with E-state index in [0.717, 1.165) is 12.5 Å². The molecule has 14 heavy (non-hydrogen) atoms. The number of hydrogen-bond donors (Lipinski definition) is 1. The van der Waals surface area contributed by atoms with Crippen LogP contribution in [0.3, 0.4) is 0 Å². The molecule has 1 atom stereocenters. The molecule has 0 amide bonds. The van der Waals surface area contributed by atoms with E-state index in [1.165, 1.54) is 38.5 Å². The lowest BCUT2D eigenvalue weighted by Gasteiger charge is -2.23. The van der Waals surface area contributed by atoms with Crippen LogP contribution in [0.2, 0.25) is 0 Å². The van der Waals surface area contributed by atoms with Gasteiger partial charge in [0.15, 0.2) is 0 Å². The van der Waals surface area contributed by atoms with Crippen molar-refractivity contribution in [3.8, 4) is 0 Å². The maximum absolute atomic E-state index is 11.9. The van der Waals surface area contributed by atoms with Gasteiger partial charge in [0.2, 0.25) is 0 Å². The summed E-state index contributed by atoms with van der Waals surface area (Å²) in [5, 5.41) is 3.44. The Morgan fingerprint density at radius 2 is 1.86 bits per heavy atom. The van der Waals surface area contributed by atoms with Crippen molar-refractivity contribution in [1.29, 1.82) is 0 Å². The van der Waals surface area contributed by atoms with Crippen molar-refractivity contribution in [3.63, 3.8) is 0 Å². The summed E-state index contributed by atoms with van der Waals surface area (Å²) in [6, 6.07) is 0.583. The van der Waals surface area contributed by atoms with E-state index in [0.29, 0.717) is 12.5 Å². The zero-order chi connectivity index (χ0) is 10.2. The maximum atomic E-state index is 11.9. The van der Waals surface area contributed by atoms with E-state index in [-0.39, 0.29) is 6.67 Å². The summed E-state index contributed by atoms with van der Waals surface area (Å²) in [6.07, 6.45) is 8.99. The van der Waals surface area contributed by atoms with Gasteiger partial charge in [-0.05, 0) is 38.6 Å². The summed E-state index contributed by atoms with van der Waals surface area (Å²) >= 11 is 0. The number of rotatable bonds is 5. The SMILES string of the molecule is C[C@@H](NCCCF)C1CCCCCC1. The predicted octanol–water partition coefficient (Wildman–Crippen LogP) is 3.29. The van der Waals surface area contributed by atoms with Crippen molar-refractivity contribution >= 4 is 0 Å². The fourth-order valence-corrected chi connectivity index (χ4v) is 2.37. The highest BCUT2D eigenvalue weighted by atomic mass is 19.1. The number of hydrogen-bond acceptors (Lipinski definition) is 1. The van der Waals surface area contributed by atoms with Gasteiger partial charge >= 0.3 is 0 Å². The van der Waals surface area contributed by atoms with Gasteiger partial charge in [0.1, 0.15) is 0 Å². The number of halogens is 1. The monoisotopic (exact) mass is 201 g/mol. The zero-order valence-electron chi connectivity index (χ0n) is 9.40. The Labute approximate surface area is 87.5 Å². The summed E-state index contributed by atoms with van der Waals surface area (Å²) in [5.41, 5.74) is 0. The van der Waals surface area contributed by atoms with Crippen LogP contribution >= 0.6 is 0 Å². The second-order valence-corrected chi connectivity index (χ2v) is 4.54. The molecule has 0 radical (unpaired) electrons. The van der Waals surface area contributed by atoms with Gasteiger partial charge in [-0.25, -0.2) is 0 Å². The van der Waals surface area contributed by atoms with Crippen molar-refractivity contribution in [2.45, 2.75) is 57.9 Å². The lowest BCUT2D eigenvalue weighted by molar-refractivity contribution is 0.330. The number of nitrogens with one attached hydrogen (secondary N) is 1. The topological polar surface area (TPSA) is 12.0 Å². The second-order valence-electron chi connectivity index (χ2n) is 4.54. The largest absolute Gasteiger partial charge is 0.314 e. The number of alkyl halides is 1. The van der Waals surface area contributed by atoms with Crippen LogP contribution in [0, 0.1) is 5.92 Å². The molecule has 1 rings (SSSR count).